The van der Waals surface area contributed by atoms with E-state index < -0.39 is 0 Å². The van der Waals surface area contributed by atoms with Crippen LogP contribution in [0.15, 0.2) is 35.7 Å². The standard InChI is InChI=1S/C19H25N3O2S/c1-4-22(12-17(23)20-11-16-9-6-10-25-16)13-18(24)21-19-14(2)7-5-8-15(19)3/h5-10H,4,11-13H2,1-3H3,(H,20,23)(H,21,24)/p+1. The van der Waals surface area contributed by atoms with Gasteiger partial charge in [0.2, 0.25) is 0 Å². The zero-order valence-corrected chi connectivity index (χ0v) is 15.8. The molecule has 1 unspecified atom stereocenters. The van der Waals surface area contributed by atoms with E-state index in [1.54, 1.807) is 11.3 Å². The van der Waals surface area contributed by atoms with Crippen LogP contribution in [0.4, 0.5) is 5.69 Å². The Kier molecular flexibility index (Phi) is 7.16. The third-order valence-electron chi connectivity index (χ3n) is 4.11. The van der Waals surface area contributed by atoms with E-state index in [1.807, 2.05) is 56.5 Å². The molecule has 1 heterocycles. The second-order valence-electron chi connectivity index (χ2n) is 6.13. The van der Waals surface area contributed by atoms with E-state index in [0.29, 0.717) is 19.6 Å². The summed E-state index contributed by atoms with van der Waals surface area (Å²) < 4.78 is 0. The van der Waals surface area contributed by atoms with E-state index in [0.717, 1.165) is 26.6 Å². The lowest BCUT2D eigenvalue weighted by Gasteiger charge is -2.18. The SMILES string of the molecule is CC[NH+](CC(=O)NCc1cccs1)CC(=O)Nc1c(C)cccc1C. The summed E-state index contributed by atoms with van der Waals surface area (Å²) >= 11 is 1.62. The molecule has 2 aromatic rings. The maximum absolute atomic E-state index is 12.4. The van der Waals surface area contributed by atoms with E-state index in [9.17, 15) is 9.59 Å². The summed E-state index contributed by atoms with van der Waals surface area (Å²) in [5, 5.41) is 7.88. The molecule has 0 radical (unpaired) electrons. The number of amides is 2. The van der Waals surface area contributed by atoms with Gasteiger partial charge in [-0.1, -0.05) is 24.3 Å². The van der Waals surface area contributed by atoms with Crippen molar-refractivity contribution < 1.29 is 14.5 Å². The van der Waals surface area contributed by atoms with Gasteiger partial charge >= 0.3 is 0 Å². The Bertz CT molecular complexity index is 693. The van der Waals surface area contributed by atoms with E-state index in [4.69, 9.17) is 0 Å². The van der Waals surface area contributed by atoms with E-state index in [2.05, 4.69) is 10.6 Å². The maximum atomic E-state index is 12.4. The van der Waals surface area contributed by atoms with Gasteiger partial charge in [0, 0.05) is 10.6 Å². The van der Waals surface area contributed by atoms with Crippen molar-refractivity contribution in [1.29, 1.82) is 0 Å². The van der Waals surface area contributed by atoms with Crippen LogP contribution in [0.2, 0.25) is 0 Å². The summed E-state index contributed by atoms with van der Waals surface area (Å²) in [6, 6.07) is 9.89. The Morgan fingerprint density at radius 1 is 1.04 bits per heavy atom. The van der Waals surface area contributed by atoms with Crippen molar-refractivity contribution in [3.8, 4) is 0 Å². The molecule has 25 heavy (non-hydrogen) atoms. The normalized spacial score (nSPS) is 11.8. The highest BCUT2D eigenvalue weighted by atomic mass is 32.1. The number of benzene rings is 1. The Morgan fingerprint density at radius 3 is 2.32 bits per heavy atom. The molecule has 0 aliphatic carbocycles. The number of thiophene rings is 1. The number of aryl methyl sites for hydroxylation is 2. The quantitative estimate of drug-likeness (QED) is 0.668. The van der Waals surface area contributed by atoms with Crippen LogP contribution in [0.25, 0.3) is 0 Å². The molecule has 5 nitrogen and oxygen atoms in total. The minimum Gasteiger partial charge on any atom is -0.346 e. The molecule has 2 rings (SSSR count). The monoisotopic (exact) mass is 360 g/mol. The average molecular weight is 361 g/mol. The molecule has 0 aliphatic heterocycles. The van der Waals surface area contributed by atoms with Crippen LogP contribution in [0, 0.1) is 13.8 Å². The van der Waals surface area contributed by atoms with Gasteiger partial charge in [-0.2, -0.15) is 0 Å². The predicted octanol–water partition coefficient (Wildman–Crippen LogP) is 1.52. The number of anilines is 1. The fraction of sp³-hybridized carbons (Fsp3) is 0.368. The topological polar surface area (TPSA) is 62.6 Å². The zero-order valence-electron chi connectivity index (χ0n) is 15.0. The van der Waals surface area contributed by atoms with Crippen LogP contribution in [0.5, 0.6) is 0 Å². The number of carbonyl (C=O) groups is 2. The molecule has 1 aromatic carbocycles. The van der Waals surface area contributed by atoms with Crippen molar-refractivity contribution in [3.63, 3.8) is 0 Å². The van der Waals surface area contributed by atoms with Crippen molar-refractivity contribution in [3.05, 3.63) is 51.7 Å². The smallest absolute Gasteiger partial charge is 0.279 e. The molecular weight excluding hydrogens is 334 g/mol. The second-order valence-corrected chi connectivity index (χ2v) is 7.16. The molecule has 0 bridgehead atoms. The molecular formula is C19H26N3O2S+. The molecule has 0 fully saturated rings. The first kappa shape index (κ1) is 19.1. The van der Waals surface area contributed by atoms with E-state index in [-0.39, 0.29) is 18.4 Å². The van der Waals surface area contributed by atoms with Crippen LogP contribution < -0.4 is 15.5 Å². The average Bonchev–Trinajstić information content (AvgIpc) is 3.09. The molecule has 0 saturated heterocycles. The van der Waals surface area contributed by atoms with Crippen LogP contribution in [0.3, 0.4) is 0 Å². The summed E-state index contributed by atoms with van der Waals surface area (Å²) in [7, 11) is 0. The number of likely N-dealkylation sites (N-methyl/N-ethyl adjacent to an activating group) is 1. The highest BCUT2D eigenvalue weighted by Crippen LogP contribution is 2.18. The Hall–Kier alpha value is -2.18. The van der Waals surface area contributed by atoms with Crippen molar-refractivity contribution in [2.75, 3.05) is 25.0 Å². The molecule has 1 atom stereocenters. The molecule has 0 aliphatic rings. The van der Waals surface area contributed by atoms with Crippen molar-refractivity contribution >= 4 is 28.8 Å². The number of para-hydroxylation sites is 1. The minimum absolute atomic E-state index is 0.0369. The van der Waals surface area contributed by atoms with Gasteiger partial charge in [0.1, 0.15) is 0 Å². The van der Waals surface area contributed by atoms with Crippen molar-refractivity contribution in [2.24, 2.45) is 0 Å². The van der Waals surface area contributed by atoms with Crippen LogP contribution in [-0.4, -0.2) is 31.4 Å². The molecule has 6 heteroatoms. The number of hydrogen-bond acceptors (Lipinski definition) is 3. The fourth-order valence-electron chi connectivity index (χ4n) is 2.62. The number of nitrogens with one attached hydrogen (secondary N) is 3. The number of hydrogen-bond donors (Lipinski definition) is 3. The van der Waals surface area contributed by atoms with Gasteiger partial charge in [-0.15, -0.1) is 11.3 Å². The molecule has 134 valence electrons. The van der Waals surface area contributed by atoms with Crippen molar-refractivity contribution in [1.82, 2.24) is 5.32 Å². The van der Waals surface area contributed by atoms with Crippen LogP contribution in [-0.2, 0) is 16.1 Å². The van der Waals surface area contributed by atoms with Crippen LogP contribution >= 0.6 is 11.3 Å². The van der Waals surface area contributed by atoms with Gasteiger partial charge in [0.25, 0.3) is 11.8 Å². The Labute approximate surface area is 153 Å². The summed E-state index contributed by atoms with van der Waals surface area (Å²) in [5.74, 6) is -0.106. The van der Waals surface area contributed by atoms with Gasteiger partial charge in [0.15, 0.2) is 13.1 Å². The second kappa shape index (κ2) is 9.34. The highest BCUT2D eigenvalue weighted by Gasteiger charge is 2.17. The minimum atomic E-state index is -0.0692. The van der Waals surface area contributed by atoms with Gasteiger partial charge in [0.05, 0.1) is 13.1 Å². The fourth-order valence-corrected chi connectivity index (χ4v) is 3.27. The third-order valence-corrected chi connectivity index (χ3v) is 4.98. The highest BCUT2D eigenvalue weighted by molar-refractivity contribution is 7.09. The van der Waals surface area contributed by atoms with E-state index in [1.165, 1.54) is 0 Å². The zero-order chi connectivity index (χ0) is 18.2. The Balaban J connectivity index is 1.83. The molecule has 1 aromatic heterocycles. The molecule has 2 amide bonds. The molecule has 0 spiro atoms. The summed E-state index contributed by atoms with van der Waals surface area (Å²) in [6.07, 6.45) is 0. The van der Waals surface area contributed by atoms with Gasteiger partial charge in [-0.05, 0) is 43.3 Å². The third kappa shape index (κ3) is 5.99. The summed E-state index contributed by atoms with van der Waals surface area (Å²) in [6.45, 7) is 7.76. The van der Waals surface area contributed by atoms with E-state index >= 15 is 0 Å². The number of rotatable bonds is 8. The maximum Gasteiger partial charge on any atom is 0.279 e. The van der Waals surface area contributed by atoms with Gasteiger partial charge < -0.3 is 15.5 Å². The van der Waals surface area contributed by atoms with Gasteiger partial charge in [-0.25, -0.2) is 0 Å². The lowest BCUT2D eigenvalue weighted by Crippen LogP contribution is -3.14. The lowest BCUT2D eigenvalue weighted by atomic mass is 10.1. The Morgan fingerprint density at radius 2 is 1.72 bits per heavy atom. The number of carbonyl (C=O) groups excluding carboxylic acids is 2. The first-order chi connectivity index (χ1) is 12.0. The first-order valence-electron chi connectivity index (χ1n) is 8.48. The molecule has 3 N–H and O–H groups in total. The first-order valence-corrected chi connectivity index (χ1v) is 9.36. The number of quaternary nitrogens is 1. The summed E-state index contributed by atoms with van der Waals surface area (Å²) in [5.41, 5.74) is 2.95. The predicted molar refractivity (Wildman–Crippen MR) is 102 cm³/mol. The molecule has 0 saturated carbocycles. The lowest BCUT2D eigenvalue weighted by molar-refractivity contribution is -0.881. The summed E-state index contributed by atoms with van der Waals surface area (Å²) in [4.78, 5) is 26.5. The van der Waals surface area contributed by atoms with Gasteiger partial charge in [-0.3, -0.25) is 9.59 Å². The van der Waals surface area contributed by atoms with Crippen LogP contribution in [0.1, 0.15) is 22.9 Å². The largest absolute Gasteiger partial charge is 0.346 e. The van der Waals surface area contributed by atoms with Crippen molar-refractivity contribution in [2.45, 2.75) is 27.3 Å².